The van der Waals surface area contributed by atoms with E-state index in [4.69, 9.17) is 32.7 Å². The van der Waals surface area contributed by atoms with Gasteiger partial charge in [-0.2, -0.15) is 0 Å². The quantitative estimate of drug-likeness (QED) is 0.175. The van der Waals surface area contributed by atoms with Gasteiger partial charge in [-0.25, -0.2) is 4.79 Å². The smallest absolute Gasteiger partial charge is 0.338 e. The van der Waals surface area contributed by atoms with Gasteiger partial charge in [-0.1, -0.05) is 46.0 Å². The van der Waals surface area contributed by atoms with Crippen LogP contribution < -0.4 is 4.74 Å². The Balaban J connectivity index is 2.19. The lowest BCUT2D eigenvalue weighted by Crippen LogP contribution is -2.12. The highest BCUT2D eigenvalue weighted by Gasteiger charge is 2.13. The molecule has 0 aliphatic heterocycles. The Kier molecular flexibility index (Phi) is 13.4. The molecule has 0 amide bonds. The fraction of sp³-hybridized carbons (Fsp3) is 0.682. The molecule has 2 unspecified atom stereocenters. The Hall–Kier alpha value is -0.930. The minimum absolute atomic E-state index is 0.0198. The van der Waals surface area contributed by atoms with Crippen LogP contribution in [0.5, 0.6) is 5.75 Å². The molecule has 27 heavy (non-hydrogen) atoms. The maximum absolute atomic E-state index is 11.8. The third kappa shape index (κ3) is 11.5. The van der Waals surface area contributed by atoms with Crippen molar-refractivity contribution in [3.05, 3.63) is 29.8 Å². The lowest BCUT2D eigenvalue weighted by molar-refractivity contribution is 0.0505. The molecule has 2 atom stereocenters. The normalized spacial score (nSPS) is 13.2. The number of rotatable bonds is 15. The van der Waals surface area contributed by atoms with E-state index >= 15 is 0 Å². The molecule has 0 N–H and O–H groups in total. The molecule has 0 bridgehead atoms. The van der Waals surface area contributed by atoms with Crippen molar-refractivity contribution >= 4 is 29.2 Å². The van der Waals surface area contributed by atoms with Crippen LogP contribution in [-0.4, -0.2) is 29.9 Å². The van der Waals surface area contributed by atoms with E-state index in [9.17, 15) is 4.79 Å². The van der Waals surface area contributed by atoms with Crippen LogP contribution in [0.15, 0.2) is 24.3 Å². The number of carbonyl (C=O) groups is 1. The van der Waals surface area contributed by atoms with Crippen LogP contribution in [0, 0.1) is 0 Å². The molecule has 0 heterocycles. The third-order valence-corrected chi connectivity index (χ3v) is 5.15. The second-order valence-electron chi connectivity index (χ2n) is 6.93. The summed E-state index contributed by atoms with van der Waals surface area (Å²) in [6, 6.07) is 7.01. The fourth-order valence-electron chi connectivity index (χ4n) is 2.75. The topological polar surface area (TPSA) is 35.5 Å². The summed E-state index contributed by atoms with van der Waals surface area (Å²) in [5.74, 6) is 0.427. The summed E-state index contributed by atoms with van der Waals surface area (Å²) in [6.45, 7) is 5.16. The van der Waals surface area contributed by atoms with Crippen LogP contribution in [0.25, 0.3) is 0 Å². The Labute approximate surface area is 174 Å². The number of ether oxygens (including phenoxy) is 2. The standard InChI is InChI=1S/C22H34Cl2O3/c1-3-5-6-7-8-9-19(23)17-20(24)14-16-26-21-12-10-18(11-13-21)22(25)27-15-4-2/h10-13,19-20H,3-9,14-17H2,1-2H3. The Morgan fingerprint density at radius 2 is 1.56 bits per heavy atom. The average molecular weight is 417 g/mol. The summed E-state index contributed by atoms with van der Waals surface area (Å²) in [6.07, 6.45) is 9.72. The maximum Gasteiger partial charge on any atom is 0.338 e. The highest BCUT2D eigenvalue weighted by Crippen LogP contribution is 2.21. The number of alkyl halides is 2. The summed E-state index contributed by atoms with van der Waals surface area (Å²) in [5, 5.41) is 0.161. The molecule has 1 aromatic rings. The molecule has 3 nitrogen and oxygen atoms in total. The van der Waals surface area contributed by atoms with Gasteiger partial charge in [0.05, 0.1) is 18.8 Å². The van der Waals surface area contributed by atoms with Gasteiger partial charge in [-0.05, 0) is 49.9 Å². The highest BCUT2D eigenvalue weighted by atomic mass is 35.5. The molecule has 0 spiro atoms. The number of carbonyl (C=O) groups excluding carboxylic acids is 1. The summed E-state index contributed by atoms with van der Waals surface area (Å²) in [7, 11) is 0. The average Bonchev–Trinajstić information content (AvgIpc) is 2.66. The molecule has 0 saturated carbocycles. The fourth-order valence-corrected chi connectivity index (χ4v) is 3.52. The minimum Gasteiger partial charge on any atom is -0.494 e. The van der Waals surface area contributed by atoms with Gasteiger partial charge >= 0.3 is 5.97 Å². The molecule has 0 fully saturated rings. The molecule has 0 radical (unpaired) electrons. The largest absolute Gasteiger partial charge is 0.494 e. The monoisotopic (exact) mass is 416 g/mol. The van der Waals surface area contributed by atoms with Crippen LogP contribution in [0.4, 0.5) is 0 Å². The molecule has 1 rings (SSSR count). The molecule has 5 heteroatoms. The number of hydrogen-bond acceptors (Lipinski definition) is 3. The number of benzene rings is 1. The van der Waals surface area contributed by atoms with Gasteiger partial charge in [-0.15, -0.1) is 23.2 Å². The number of halogens is 2. The van der Waals surface area contributed by atoms with E-state index in [0.717, 1.165) is 31.4 Å². The van der Waals surface area contributed by atoms with Crippen LogP contribution >= 0.6 is 23.2 Å². The van der Waals surface area contributed by atoms with Crippen LogP contribution in [0.1, 0.15) is 82.0 Å². The van der Waals surface area contributed by atoms with Crippen molar-refractivity contribution in [3.8, 4) is 5.75 Å². The van der Waals surface area contributed by atoms with Crippen LogP contribution in [0.2, 0.25) is 0 Å². The van der Waals surface area contributed by atoms with Gasteiger partial charge in [0.25, 0.3) is 0 Å². The Morgan fingerprint density at radius 3 is 2.22 bits per heavy atom. The number of esters is 1. The van der Waals surface area contributed by atoms with Gasteiger partial charge in [0.2, 0.25) is 0 Å². The molecule has 1 aromatic carbocycles. The second-order valence-corrected chi connectivity index (χ2v) is 8.17. The lowest BCUT2D eigenvalue weighted by atomic mass is 10.1. The van der Waals surface area contributed by atoms with E-state index in [1.807, 2.05) is 6.92 Å². The van der Waals surface area contributed by atoms with E-state index in [0.29, 0.717) is 18.8 Å². The molecule has 0 aromatic heterocycles. The predicted octanol–water partition coefficient (Wildman–Crippen LogP) is 6.99. The van der Waals surface area contributed by atoms with Crippen molar-refractivity contribution in [2.45, 2.75) is 82.4 Å². The summed E-state index contributed by atoms with van der Waals surface area (Å²) >= 11 is 12.8. The van der Waals surface area contributed by atoms with Crippen molar-refractivity contribution in [2.24, 2.45) is 0 Å². The van der Waals surface area contributed by atoms with Gasteiger partial charge in [-0.3, -0.25) is 0 Å². The molecule has 0 aliphatic rings. The van der Waals surface area contributed by atoms with Crippen LogP contribution in [0.3, 0.4) is 0 Å². The zero-order chi connectivity index (χ0) is 19.9. The molecule has 0 saturated heterocycles. The second kappa shape index (κ2) is 15.0. The first-order valence-corrected chi connectivity index (χ1v) is 11.1. The summed E-state index contributed by atoms with van der Waals surface area (Å²) in [4.78, 5) is 11.8. The van der Waals surface area contributed by atoms with Crippen molar-refractivity contribution in [1.82, 2.24) is 0 Å². The first kappa shape index (κ1) is 24.1. The van der Waals surface area contributed by atoms with E-state index in [-0.39, 0.29) is 16.7 Å². The zero-order valence-corrected chi connectivity index (χ0v) is 18.2. The van der Waals surface area contributed by atoms with Gasteiger partial charge < -0.3 is 9.47 Å². The third-order valence-electron chi connectivity index (χ3n) is 4.36. The molecule has 154 valence electrons. The maximum atomic E-state index is 11.8. The molecule has 0 aliphatic carbocycles. The van der Waals surface area contributed by atoms with Crippen molar-refractivity contribution < 1.29 is 14.3 Å². The highest BCUT2D eigenvalue weighted by molar-refractivity contribution is 6.23. The minimum atomic E-state index is -0.299. The SMILES string of the molecule is CCCCCCCC(Cl)CC(Cl)CCOc1ccc(C(=O)OCCC)cc1. The van der Waals surface area contributed by atoms with Crippen LogP contribution in [-0.2, 0) is 4.74 Å². The Morgan fingerprint density at radius 1 is 0.889 bits per heavy atom. The van der Waals surface area contributed by atoms with Crippen molar-refractivity contribution in [3.63, 3.8) is 0 Å². The first-order valence-electron chi connectivity index (χ1n) is 10.2. The number of hydrogen-bond donors (Lipinski definition) is 0. The predicted molar refractivity (Wildman–Crippen MR) is 114 cm³/mol. The van der Waals surface area contributed by atoms with E-state index in [1.165, 1.54) is 32.1 Å². The van der Waals surface area contributed by atoms with Crippen molar-refractivity contribution in [2.75, 3.05) is 13.2 Å². The van der Waals surface area contributed by atoms with Gasteiger partial charge in [0.1, 0.15) is 5.75 Å². The molecular weight excluding hydrogens is 383 g/mol. The van der Waals surface area contributed by atoms with E-state index in [2.05, 4.69) is 6.92 Å². The first-order chi connectivity index (χ1) is 13.1. The summed E-state index contributed by atoms with van der Waals surface area (Å²) in [5.41, 5.74) is 0.537. The van der Waals surface area contributed by atoms with E-state index < -0.39 is 0 Å². The Bertz CT molecular complexity index is 505. The van der Waals surface area contributed by atoms with Gasteiger partial charge in [0.15, 0.2) is 0 Å². The summed E-state index contributed by atoms with van der Waals surface area (Å²) < 4.78 is 10.8. The van der Waals surface area contributed by atoms with Gasteiger partial charge in [0, 0.05) is 10.8 Å². The van der Waals surface area contributed by atoms with E-state index in [1.54, 1.807) is 24.3 Å². The van der Waals surface area contributed by atoms with Crippen molar-refractivity contribution in [1.29, 1.82) is 0 Å². The number of unbranched alkanes of at least 4 members (excludes halogenated alkanes) is 4. The molecular formula is C22H34Cl2O3. The zero-order valence-electron chi connectivity index (χ0n) is 16.7. The lowest BCUT2D eigenvalue weighted by Gasteiger charge is -2.15.